The Morgan fingerprint density at radius 3 is 2.33 bits per heavy atom. The van der Waals surface area contributed by atoms with Crippen molar-refractivity contribution in [1.29, 1.82) is 0 Å². The van der Waals surface area contributed by atoms with Gasteiger partial charge in [0.1, 0.15) is 17.9 Å². The molecule has 0 aliphatic carbocycles. The van der Waals surface area contributed by atoms with Crippen LogP contribution in [0.2, 0.25) is 0 Å². The van der Waals surface area contributed by atoms with E-state index in [1.54, 1.807) is 36.4 Å². The molecular formula is C28H28N2O5S. The Bertz CT molecular complexity index is 1490. The van der Waals surface area contributed by atoms with E-state index in [4.69, 9.17) is 4.74 Å². The van der Waals surface area contributed by atoms with Gasteiger partial charge in [-0.3, -0.25) is 15.0 Å². The lowest BCUT2D eigenvalue weighted by Crippen LogP contribution is -2.46. The highest BCUT2D eigenvalue weighted by Gasteiger charge is 2.38. The maximum atomic E-state index is 13.3. The predicted octanol–water partition coefficient (Wildman–Crippen LogP) is 4.97. The molecule has 1 amide bonds. The summed E-state index contributed by atoms with van der Waals surface area (Å²) in [5, 5.41) is 11.7. The normalized spacial score (nSPS) is 13.2. The number of carbonyl (C=O) groups excluding carboxylic acids is 1. The maximum absolute atomic E-state index is 13.3. The second-order valence-electron chi connectivity index (χ2n) is 9.05. The second-order valence-corrected chi connectivity index (χ2v) is 11.0. The van der Waals surface area contributed by atoms with E-state index in [1.165, 1.54) is 19.1 Å². The molecule has 0 radical (unpaired) electrons. The van der Waals surface area contributed by atoms with Gasteiger partial charge in [-0.15, -0.1) is 0 Å². The molecule has 1 N–H and O–H groups in total. The van der Waals surface area contributed by atoms with E-state index in [-0.39, 0.29) is 11.3 Å². The van der Waals surface area contributed by atoms with Crippen molar-refractivity contribution in [3.05, 3.63) is 101 Å². The monoisotopic (exact) mass is 504 g/mol. The number of amides is 1. The molecule has 4 rings (SSSR count). The van der Waals surface area contributed by atoms with Gasteiger partial charge in [0.15, 0.2) is 9.84 Å². The molecule has 0 bridgehead atoms. The van der Waals surface area contributed by atoms with Crippen LogP contribution in [0, 0.1) is 13.8 Å². The summed E-state index contributed by atoms with van der Waals surface area (Å²) in [6, 6.07) is 23.0. The standard InChI is InChI=1S/C28H28N2O5S/c1-20-8-10-23(11-9-20)28(3,30(32)19-31)18-36(33,34)25-14-12-24(13-15-25)35-17-22-16-21(2)29-27-7-5-4-6-26(22)27/h4-16,19,32H,17-18H2,1-3H3. The zero-order chi connectivity index (χ0) is 25.9. The van der Waals surface area contributed by atoms with Gasteiger partial charge in [-0.25, -0.2) is 13.5 Å². The molecule has 0 spiro atoms. The van der Waals surface area contributed by atoms with Gasteiger partial charge in [-0.1, -0.05) is 48.0 Å². The van der Waals surface area contributed by atoms with Crippen molar-refractivity contribution in [1.82, 2.24) is 10.0 Å². The Labute approximate surface area is 210 Å². The first-order chi connectivity index (χ1) is 17.1. The molecule has 36 heavy (non-hydrogen) atoms. The predicted molar refractivity (Wildman–Crippen MR) is 138 cm³/mol. The van der Waals surface area contributed by atoms with Crippen LogP contribution < -0.4 is 4.74 Å². The highest BCUT2D eigenvalue weighted by molar-refractivity contribution is 7.91. The molecule has 0 aliphatic rings. The lowest BCUT2D eigenvalue weighted by molar-refractivity contribution is -0.175. The molecule has 1 unspecified atom stereocenters. The summed E-state index contributed by atoms with van der Waals surface area (Å²) in [6.07, 6.45) is 0.219. The van der Waals surface area contributed by atoms with E-state index >= 15 is 0 Å². The number of hydroxylamine groups is 2. The van der Waals surface area contributed by atoms with Crippen LogP contribution in [0.15, 0.2) is 83.8 Å². The highest BCUT2D eigenvalue weighted by atomic mass is 32.2. The second kappa shape index (κ2) is 10.1. The molecule has 1 atom stereocenters. The van der Waals surface area contributed by atoms with Crippen molar-refractivity contribution in [3.63, 3.8) is 0 Å². The van der Waals surface area contributed by atoms with Crippen LogP contribution in [-0.4, -0.2) is 35.8 Å². The van der Waals surface area contributed by atoms with E-state index < -0.39 is 21.1 Å². The van der Waals surface area contributed by atoms with Gasteiger partial charge in [-0.2, -0.15) is 0 Å². The first-order valence-electron chi connectivity index (χ1n) is 11.4. The van der Waals surface area contributed by atoms with Crippen molar-refractivity contribution in [2.45, 2.75) is 37.8 Å². The summed E-state index contributed by atoms with van der Waals surface area (Å²) in [5.74, 6) is 0.0197. The summed E-state index contributed by atoms with van der Waals surface area (Å²) < 4.78 is 32.5. The number of pyridine rings is 1. The lowest BCUT2D eigenvalue weighted by Gasteiger charge is -2.34. The van der Waals surface area contributed by atoms with Crippen LogP contribution in [0.5, 0.6) is 5.75 Å². The molecule has 1 aromatic heterocycles. The summed E-state index contributed by atoms with van der Waals surface area (Å²) in [5.41, 5.74) is 2.78. The lowest BCUT2D eigenvalue weighted by atomic mass is 9.93. The number of benzene rings is 3. The molecule has 3 aromatic carbocycles. The van der Waals surface area contributed by atoms with E-state index in [9.17, 15) is 18.4 Å². The third kappa shape index (κ3) is 5.24. The molecule has 7 nitrogen and oxygen atoms in total. The maximum Gasteiger partial charge on any atom is 0.234 e. The Morgan fingerprint density at radius 2 is 1.67 bits per heavy atom. The molecular weight excluding hydrogens is 476 g/mol. The Morgan fingerprint density at radius 1 is 1.00 bits per heavy atom. The quantitative estimate of drug-likeness (QED) is 0.196. The fraction of sp³-hybridized carbons (Fsp3) is 0.214. The number of para-hydroxylation sites is 1. The van der Waals surface area contributed by atoms with Crippen molar-refractivity contribution >= 4 is 27.2 Å². The third-order valence-corrected chi connectivity index (χ3v) is 8.19. The number of aryl methyl sites for hydroxylation is 2. The number of hydrogen-bond acceptors (Lipinski definition) is 6. The van der Waals surface area contributed by atoms with E-state index in [0.717, 1.165) is 27.7 Å². The molecule has 4 aromatic rings. The Balaban J connectivity index is 1.54. The average molecular weight is 505 g/mol. The van der Waals surface area contributed by atoms with Crippen LogP contribution in [0.3, 0.4) is 0 Å². The fourth-order valence-corrected chi connectivity index (χ4v) is 5.94. The number of carbonyl (C=O) groups is 1. The van der Waals surface area contributed by atoms with Gasteiger partial charge >= 0.3 is 0 Å². The van der Waals surface area contributed by atoms with Gasteiger partial charge in [0.05, 0.1) is 16.2 Å². The number of nitrogens with zero attached hydrogens (tertiary/aromatic N) is 2. The Kier molecular flexibility index (Phi) is 7.10. The number of hydrogen-bond donors (Lipinski definition) is 1. The SMILES string of the molecule is Cc1ccc(C(C)(CS(=O)(=O)c2ccc(OCc3cc(C)nc4ccccc34)cc2)N(O)C=O)cc1. The number of fused-ring (bicyclic) bond motifs is 1. The van der Waals surface area contributed by atoms with E-state index in [0.29, 0.717) is 23.0 Å². The van der Waals surface area contributed by atoms with Gasteiger partial charge < -0.3 is 4.74 Å². The minimum absolute atomic E-state index is 0.0673. The van der Waals surface area contributed by atoms with Crippen LogP contribution in [0.25, 0.3) is 10.9 Å². The first-order valence-corrected chi connectivity index (χ1v) is 13.1. The largest absolute Gasteiger partial charge is 0.489 e. The molecule has 0 saturated heterocycles. The summed E-state index contributed by atoms with van der Waals surface area (Å²) in [4.78, 5) is 16.0. The van der Waals surface area contributed by atoms with Crippen molar-refractivity contribution < 1.29 is 23.2 Å². The molecule has 8 heteroatoms. The summed E-state index contributed by atoms with van der Waals surface area (Å²) in [7, 11) is -3.87. The average Bonchev–Trinajstić information content (AvgIpc) is 2.87. The molecule has 1 heterocycles. The summed E-state index contributed by atoms with van der Waals surface area (Å²) >= 11 is 0. The van der Waals surface area contributed by atoms with Crippen LogP contribution in [0.4, 0.5) is 0 Å². The Hall–Kier alpha value is -3.75. The third-order valence-electron chi connectivity index (χ3n) is 6.26. The molecule has 0 saturated carbocycles. The minimum Gasteiger partial charge on any atom is -0.489 e. The summed E-state index contributed by atoms with van der Waals surface area (Å²) in [6.45, 7) is 5.65. The van der Waals surface area contributed by atoms with Crippen molar-refractivity contribution in [2.75, 3.05) is 5.75 Å². The smallest absolute Gasteiger partial charge is 0.234 e. The number of aromatic nitrogens is 1. The van der Waals surface area contributed by atoms with E-state index in [1.807, 2.05) is 44.2 Å². The number of sulfone groups is 1. The van der Waals surface area contributed by atoms with Gasteiger partial charge in [0.2, 0.25) is 6.41 Å². The number of rotatable bonds is 9. The van der Waals surface area contributed by atoms with Crippen molar-refractivity contribution in [2.24, 2.45) is 0 Å². The molecule has 186 valence electrons. The number of ether oxygens (including phenoxy) is 1. The zero-order valence-corrected chi connectivity index (χ0v) is 21.2. The van der Waals surface area contributed by atoms with E-state index in [2.05, 4.69) is 4.98 Å². The van der Waals surface area contributed by atoms with Gasteiger partial charge in [-0.05, 0) is 62.7 Å². The highest BCUT2D eigenvalue weighted by Crippen LogP contribution is 2.31. The zero-order valence-electron chi connectivity index (χ0n) is 20.4. The molecule has 0 aliphatic heterocycles. The minimum atomic E-state index is -3.87. The van der Waals surface area contributed by atoms with Crippen molar-refractivity contribution in [3.8, 4) is 5.75 Å². The van der Waals surface area contributed by atoms with Crippen LogP contribution in [-0.2, 0) is 26.8 Å². The topological polar surface area (TPSA) is 96.8 Å². The molecule has 0 fully saturated rings. The van der Waals surface area contributed by atoms with Crippen LogP contribution >= 0.6 is 0 Å². The van der Waals surface area contributed by atoms with Gasteiger partial charge in [0, 0.05) is 16.6 Å². The van der Waals surface area contributed by atoms with Gasteiger partial charge in [0.25, 0.3) is 0 Å². The van der Waals surface area contributed by atoms with Crippen LogP contribution in [0.1, 0.15) is 29.3 Å². The first kappa shape index (κ1) is 25.3. The fourth-order valence-electron chi connectivity index (χ4n) is 4.18.